The number of aromatic nitrogens is 2. The number of methoxy groups -OCH3 is 1. The SMILES string of the molecule is COC(=O)c1ccc(-c2ccc([C@H]3[C@H](c4ccccn4)NC(=S)N3Cc3ccncc3)o2)cc1. The van der Waals surface area contributed by atoms with Gasteiger partial charge in [0.2, 0.25) is 0 Å². The Bertz CT molecular complexity index is 1290. The van der Waals surface area contributed by atoms with Gasteiger partial charge in [-0.05, 0) is 66.3 Å². The van der Waals surface area contributed by atoms with Gasteiger partial charge in [-0.15, -0.1) is 0 Å². The highest BCUT2D eigenvalue weighted by atomic mass is 32.1. The van der Waals surface area contributed by atoms with Crippen molar-refractivity contribution < 1.29 is 13.9 Å². The molecule has 0 bridgehead atoms. The molecule has 0 radical (unpaired) electrons. The Hall–Kier alpha value is -4.04. The van der Waals surface area contributed by atoms with Crippen LogP contribution in [0.5, 0.6) is 0 Å². The van der Waals surface area contributed by atoms with E-state index in [0.717, 1.165) is 22.6 Å². The van der Waals surface area contributed by atoms with Gasteiger partial charge >= 0.3 is 5.97 Å². The standard InChI is InChI=1S/C26H22N4O3S/c1-32-25(31)19-7-5-18(6-8-19)21-9-10-22(33-21)24-23(20-4-2-3-13-28-20)29-26(34)30(24)16-17-11-14-27-15-12-17/h2-15,23-24H,16H2,1H3,(H,29,34)/t23-,24-/m0/s1. The zero-order valence-corrected chi connectivity index (χ0v) is 19.2. The van der Waals surface area contributed by atoms with Crippen LogP contribution in [-0.2, 0) is 11.3 Å². The van der Waals surface area contributed by atoms with E-state index in [0.29, 0.717) is 23.0 Å². The molecule has 170 valence electrons. The summed E-state index contributed by atoms with van der Waals surface area (Å²) >= 11 is 5.73. The molecule has 0 saturated carbocycles. The molecule has 4 aromatic rings. The summed E-state index contributed by atoms with van der Waals surface area (Å²) in [5.74, 6) is 1.10. The highest BCUT2D eigenvalue weighted by Gasteiger charge is 2.41. The Morgan fingerprint density at radius 3 is 2.56 bits per heavy atom. The van der Waals surface area contributed by atoms with Crippen LogP contribution in [0.4, 0.5) is 0 Å². The fourth-order valence-electron chi connectivity index (χ4n) is 4.13. The summed E-state index contributed by atoms with van der Waals surface area (Å²) in [6, 6.07) is 20.5. The van der Waals surface area contributed by atoms with Crippen LogP contribution in [0.25, 0.3) is 11.3 Å². The first-order valence-electron chi connectivity index (χ1n) is 10.8. The summed E-state index contributed by atoms with van der Waals surface area (Å²) < 4.78 is 11.1. The van der Waals surface area contributed by atoms with Gasteiger partial charge in [0, 0.05) is 30.7 Å². The number of rotatable bonds is 6. The number of thiocarbonyl (C=S) groups is 1. The molecule has 1 aliphatic heterocycles. The van der Waals surface area contributed by atoms with Gasteiger partial charge in [-0.1, -0.05) is 18.2 Å². The molecule has 34 heavy (non-hydrogen) atoms. The fraction of sp³-hybridized carbons (Fsp3) is 0.154. The predicted octanol–water partition coefficient (Wildman–Crippen LogP) is 4.70. The van der Waals surface area contributed by atoms with Crippen molar-refractivity contribution in [1.82, 2.24) is 20.2 Å². The van der Waals surface area contributed by atoms with Crippen LogP contribution in [0.3, 0.4) is 0 Å². The monoisotopic (exact) mass is 470 g/mol. The van der Waals surface area contributed by atoms with Crippen molar-refractivity contribution in [1.29, 1.82) is 0 Å². The van der Waals surface area contributed by atoms with Gasteiger partial charge in [-0.25, -0.2) is 4.79 Å². The predicted molar refractivity (Wildman–Crippen MR) is 131 cm³/mol. The Labute approximate surface area is 202 Å². The number of carbonyl (C=O) groups excluding carboxylic acids is 1. The van der Waals surface area contributed by atoms with Gasteiger partial charge < -0.3 is 19.4 Å². The Balaban J connectivity index is 1.49. The number of pyridine rings is 2. The van der Waals surface area contributed by atoms with Crippen molar-refractivity contribution in [3.05, 3.63) is 108 Å². The third-order valence-electron chi connectivity index (χ3n) is 5.81. The second-order valence-corrected chi connectivity index (χ2v) is 8.27. The minimum Gasteiger partial charge on any atom is -0.465 e. The maximum absolute atomic E-state index is 11.7. The smallest absolute Gasteiger partial charge is 0.337 e. The van der Waals surface area contributed by atoms with Crippen LogP contribution in [0.15, 0.2) is 89.7 Å². The van der Waals surface area contributed by atoms with Crippen LogP contribution >= 0.6 is 12.2 Å². The van der Waals surface area contributed by atoms with E-state index in [9.17, 15) is 4.79 Å². The minimum absolute atomic E-state index is 0.170. The number of hydrogen-bond donors (Lipinski definition) is 1. The number of hydrogen-bond acceptors (Lipinski definition) is 6. The summed E-state index contributed by atoms with van der Waals surface area (Å²) in [5, 5.41) is 4.07. The third-order valence-corrected chi connectivity index (χ3v) is 6.16. The highest BCUT2D eigenvalue weighted by molar-refractivity contribution is 7.80. The number of ether oxygens (including phenoxy) is 1. The summed E-state index contributed by atoms with van der Waals surface area (Å²) in [6.45, 7) is 0.603. The molecule has 7 nitrogen and oxygen atoms in total. The lowest BCUT2D eigenvalue weighted by Gasteiger charge is -2.26. The number of furan rings is 1. The van der Waals surface area contributed by atoms with Crippen molar-refractivity contribution in [2.75, 3.05) is 7.11 Å². The van der Waals surface area contributed by atoms with Crippen LogP contribution < -0.4 is 5.32 Å². The van der Waals surface area contributed by atoms with Gasteiger partial charge in [-0.2, -0.15) is 0 Å². The lowest BCUT2D eigenvalue weighted by Crippen LogP contribution is -2.29. The maximum atomic E-state index is 11.7. The molecular formula is C26H22N4O3S. The van der Waals surface area contributed by atoms with E-state index < -0.39 is 0 Å². The first kappa shape index (κ1) is 21.8. The third kappa shape index (κ3) is 4.27. The normalized spacial score (nSPS) is 17.4. The van der Waals surface area contributed by atoms with Crippen molar-refractivity contribution in [3.63, 3.8) is 0 Å². The lowest BCUT2D eigenvalue weighted by atomic mass is 10.0. The Morgan fingerprint density at radius 2 is 1.85 bits per heavy atom. The van der Waals surface area contributed by atoms with Gasteiger partial charge in [0.05, 0.1) is 24.4 Å². The molecule has 1 N–H and O–H groups in total. The second-order valence-electron chi connectivity index (χ2n) is 7.88. The van der Waals surface area contributed by atoms with Crippen molar-refractivity contribution in [2.45, 2.75) is 18.6 Å². The van der Waals surface area contributed by atoms with Crippen molar-refractivity contribution in [3.8, 4) is 11.3 Å². The molecule has 1 saturated heterocycles. The van der Waals surface area contributed by atoms with Crippen LogP contribution in [0.2, 0.25) is 0 Å². The average Bonchev–Trinajstić information content (AvgIpc) is 3.50. The number of nitrogens with zero attached hydrogens (tertiary/aromatic N) is 3. The molecule has 0 spiro atoms. The van der Waals surface area contributed by atoms with E-state index >= 15 is 0 Å². The Morgan fingerprint density at radius 1 is 1.06 bits per heavy atom. The summed E-state index contributed by atoms with van der Waals surface area (Å²) in [5.41, 5.74) is 3.33. The van der Waals surface area contributed by atoms with E-state index in [-0.39, 0.29) is 18.1 Å². The molecule has 1 aliphatic rings. The molecule has 1 aromatic carbocycles. The Kier molecular flexibility index (Phi) is 6.05. The van der Waals surface area contributed by atoms with E-state index in [2.05, 4.69) is 20.2 Å². The molecule has 4 heterocycles. The molecular weight excluding hydrogens is 448 g/mol. The molecule has 0 unspecified atom stereocenters. The molecule has 5 rings (SSSR count). The number of benzene rings is 1. The zero-order chi connectivity index (χ0) is 23.5. The first-order valence-corrected chi connectivity index (χ1v) is 11.2. The maximum Gasteiger partial charge on any atom is 0.337 e. The van der Waals surface area contributed by atoms with Crippen LogP contribution in [0, 0.1) is 0 Å². The highest BCUT2D eigenvalue weighted by Crippen LogP contribution is 2.41. The molecule has 8 heteroatoms. The molecule has 0 amide bonds. The molecule has 1 fully saturated rings. The fourth-order valence-corrected chi connectivity index (χ4v) is 4.43. The van der Waals surface area contributed by atoms with E-state index in [1.165, 1.54) is 7.11 Å². The summed E-state index contributed by atoms with van der Waals surface area (Å²) in [6.07, 6.45) is 5.32. The van der Waals surface area contributed by atoms with Gasteiger partial charge in [0.25, 0.3) is 0 Å². The quantitative estimate of drug-likeness (QED) is 0.321. The second kappa shape index (κ2) is 9.44. The number of carbonyl (C=O) groups is 1. The zero-order valence-electron chi connectivity index (χ0n) is 18.4. The number of nitrogens with one attached hydrogen (secondary N) is 1. The topological polar surface area (TPSA) is 80.5 Å². The van der Waals surface area contributed by atoms with E-state index in [4.69, 9.17) is 21.4 Å². The molecule has 0 aliphatic carbocycles. The van der Waals surface area contributed by atoms with Crippen molar-refractivity contribution >= 4 is 23.3 Å². The van der Waals surface area contributed by atoms with E-state index in [1.54, 1.807) is 30.7 Å². The average molecular weight is 471 g/mol. The molecule has 3 aromatic heterocycles. The lowest BCUT2D eigenvalue weighted by molar-refractivity contribution is 0.0600. The van der Waals surface area contributed by atoms with Crippen molar-refractivity contribution in [2.24, 2.45) is 0 Å². The summed E-state index contributed by atoms with van der Waals surface area (Å²) in [4.78, 5) is 22.5. The van der Waals surface area contributed by atoms with Gasteiger partial charge in [-0.3, -0.25) is 9.97 Å². The van der Waals surface area contributed by atoms with Crippen LogP contribution in [-0.4, -0.2) is 33.1 Å². The first-order chi connectivity index (χ1) is 16.6. The number of esters is 1. The van der Waals surface area contributed by atoms with Gasteiger partial charge in [0.15, 0.2) is 5.11 Å². The van der Waals surface area contributed by atoms with Gasteiger partial charge in [0.1, 0.15) is 17.6 Å². The van der Waals surface area contributed by atoms with E-state index in [1.807, 2.05) is 54.6 Å². The summed E-state index contributed by atoms with van der Waals surface area (Å²) in [7, 11) is 1.37. The molecule has 2 atom stereocenters. The minimum atomic E-state index is -0.373. The van der Waals surface area contributed by atoms with Crippen LogP contribution in [0.1, 0.15) is 39.5 Å². The largest absolute Gasteiger partial charge is 0.465 e.